The van der Waals surface area contributed by atoms with Crippen LogP contribution in [0.4, 0.5) is 4.39 Å². The van der Waals surface area contributed by atoms with Gasteiger partial charge in [-0.25, -0.2) is 9.37 Å². The first-order valence-corrected chi connectivity index (χ1v) is 6.07. The highest BCUT2D eigenvalue weighted by molar-refractivity contribution is 5.26. The minimum Gasteiger partial charge on any atom is -0.479 e. The van der Waals surface area contributed by atoms with Gasteiger partial charge in [-0.15, -0.1) is 0 Å². The van der Waals surface area contributed by atoms with Crippen molar-refractivity contribution < 1.29 is 14.2 Å². The second-order valence-corrected chi connectivity index (χ2v) is 5.16. The highest BCUT2D eigenvalue weighted by atomic mass is 19.1. The summed E-state index contributed by atoms with van der Waals surface area (Å²) in [6, 6.07) is 1.55. The first-order chi connectivity index (χ1) is 8.20. The second kappa shape index (κ2) is 3.95. The lowest BCUT2D eigenvalue weighted by Crippen LogP contribution is -2.13. The number of ether oxygens (including phenoxy) is 1. The third-order valence-electron chi connectivity index (χ3n) is 4.13. The fourth-order valence-electron chi connectivity index (χ4n) is 3.08. The molecule has 4 heteroatoms. The zero-order valence-electron chi connectivity index (χ0n) is 9.77. The molecule has 1 aromatic heterocycles. The molecular weight excluding hydrogens is 221 g/mol. The fraction of sp³-hybridized carbons (Fsp3) is 0.615. The molecular formula is C13H16FNO2. The van der Waals surface area contributed by atoms with E-state index in [0.717, 1.165) is 24.7 Å². The molecule has 2 saturated carbocycles. The lowest BCUT2D eigenvalue weighted by atomic mass is 9.92. The third-order valence-corrected chi connectivity index (χ3v) is 4.13. The maximum atomic E-state index is 13.9. The van der Waals surface area contributed by atoms with Crippen LogP contribution < -0.4 is 4.74 Å². The molecule has 0 aliphatic heterocycles. The molecule has 2 fully saturated rings. The minimum absolute atomic E-state index is 0.0373. The topological polar surface area (TPSA) is 42.4 Å². The number of aliphatic hydroxyl groups is 1. The first kappa shape index (κ1) is 11.0. The molecule has 1 heterocycles. The van der Waals surface area contributed by atoms with Crippen molar-refractivity contribution in [1.29, 1.82) is 0 Å². The second-order valence-electron chi connectivity index (χ2n) is 5.16. The van der Waals surface area contributed by atoms with E-state index in [4.69, 9.17) is 4.74 Å². The average Bonchev–Trinajstić information content (AvgIpc) is 2.96. The number of hydrogen-bond donors (Lipinski definition) is 1. The van der Waals surface area contributed by atoms with Crippen LogP contribution in [0, 0.1) is 23.6 Å². The van der Waals surface area contributed by atoms with Crippen molar-refractivity contribution in [3.8, 4) is 5.88 Å². The lowest BCUT2D eigenvalue weighted by Gasteiger charge is -2.20. The maximum Gasteiger partial charge on any atom is 0.250 e. The monoisotopic (exact) mass is 237 g/mol. The van der Waals surface area contributed by atoms with E-state index in [1.807, 2.05) is 0 Å². The molecule has 2 aliphatic rings. The number of nitrogens with zero attached hydrogens (tertiary/aromatic N) is 1. The van der Waals surface area contributed by atoms with E-state index >= 15 is 0 Å². The Bertz CT molecular complexity index is 427. The van der Waals surface area contributed by atoms with Gasteiger partial charge in [0.25, 0.3) is 0 Å². The van der Waals surface area contributed by atoms with E-state index in [0.29, 0.717) is 5.56 Å². The molecule has 0 aromatic carbocycles. The quantitative estimate of drug-likeness (QED) is 0.877. The summed E-state index contributed by atoms with van der Waals surface area (Å²) in [6.45, 7) is 0. The van der Waals surface area contributed by atoms with Crippen LogP contribution in [0.25, 0.3) is 0 Å². The van der Waals surface area contributed by atoms with Crippen molar-refractivity contribution in [3.63, 3.8) is 0 Å². The van der Waals surface area contributed by atoms with Crippen molar-refractivity contribution in [2.24, 2.45) is 17.8 Å². The van der Waals surface area contributed by atoms with Crippen molar-refractivity contribution in [1.82, 2.24) is 4.98 Å². The number of aromatic nitrogens is 1. The summed E-state index contributed by atoms with van der Waals surface area (Å²) in [5, 5.41) is 10.2. The van der Waals surface area contributed by atoms with Crippen molar-refractivity contribution >= 4 is 0 Å². The molecule has 1 aromatic rings. The van der Waals surface area contributed by atoms with Crippen molar-refractivity contribution in [2.45, 2.75) is 25.4 Å². The molecule has 0 saturated heterocycles. The number of pyridine rings is 1. The maximum absolute atomic E-state index is 13.9. The number of rotatable bonds is 3. The standard InChI is InChI=1S/C13H16FNO2/c1-17-13-11(14)10(2-3-15-13)12(16)9-5-7-4-8(7)6-9/h2-3,7-9,12,16H,4-6H2,1H3. The number of methoxy groups -OCH3 is 1. The SMILES string of the molecule is COc1nccc(C(O)C2CC3CC3C2)c1F. The van der Waals surface area contributed by atoms with E-state index in [1.54, 1.807) is 6.07 Å². The van der Waals surface area contributed by atoms with E-state index < -0.39 is 11.9 Å². The van der Waals surface area contributed by atoms with Gasteiger partial charge in [0.1, 0.15) is 0 Å². The number of aliphatic hydroxyl groups excluding tert-OH is 1. The molecule has 17 heavy (non-hydrogen) atoms. The molecule has 0 bridgehead atoms. The Morgan fingerprint density at radius 2 is 2.12 bits per heavy atom. The van der Waals surface area contributed by atoms with E-state index in [2.05, 4.69) is 4.98 Å². The summed E-state index contributed by atoms with van der Waals surface area (Å²) < 4.78 is 18.8. The molecule has 3 atom stereocenters. The molecule has 0 amide bonds. The van der Waals surface area contributed by atoms with E-state index in [9.17, 15) is 9.50 Å². The van der Waals surface area contributed by atoms with Gasteiger partial charge in [-0.05, 0) is 43.1 Å². The van der Waals surface area contributed by atoms with Gasteiger partial charge >= 0.3 is 0 Å². The summed E-state index contributed by atoms with van der Waals surface area (Å²) in [5.41, 5.74) is 0.322. The molecule has 1 N–H and O–H groups in total. The predicted molar refractivity (Wildman–Crippen MR) is 60.0 cm³/mol. The summed E-state index contributed by atoms with van der Waals surface area (Å²) >= 11 is 0. The van der Waals surface area contributed by atoms with Crippen LogP contribution in [-0.2, 0) is 0 Å². The predicted octanol–water partition coefficient (Wildman–Crippen LogP) is 2.31. The highest BCUT2D eigenvalue weighted by Gasteiger charge is 2.48. The van der Waals surface area contributed by atoms with Crippen molar-refractivity contribution in [2.75, 3.05) is 7.11 Å². The molecule has 3 nitrogen and oxygen atoms in total. The van der Waals surface area contributed by atoms with Crippen LogP contribution in [0.15, 0.2) is 12.3 Å². The van der Waals surface area contributed by atoms with Crippen LogP contribution >= 0.6 is 0 Å². The van der Waals surface area contributed by atoms with Gasteiger partial charge in [-0.1, -0.05) is 0 Å². The highest BCUT2D eigenvalue weighted by Crippen LogP contribution is 2.57. The minimum atomic E-state index is -0.723. The molecule has 92 valence electrons. The van der Waals surface area contributed by atoms with Crippen LogP contribution in [0.3, 0.4) is 0 Å². The van der Waals surface area contributed by atoms with Gasteiger partial charge in [0.05, 0.1) is 13.2 Å². The Hall–Kier alpha value is -1.16. The van der Waals surface area contributed by atoms with Gasteiger partial charge in [0.2, 0.25) is 5.88 Å². The summed E-state index contributed by atoms with van der Waals surface area (Å²) in [4.78, 5) is 3.78. The Morgan fingerprint density at radius 3 is 2.76 bits per heavy atom. The molecule has 3 unspecified atom stereocenters. The van der Waals surface area contributed by atoms with E-state index in [1.165, 1.54) is 19.7 Å². The Morgan fingerprint density at radius 1 is 1.41 bits per heavy atom. The summed E-state index contributed by atoms with van der Waals surface area (Å²) in [6.07, 6.45) is 4.10. The first-order valence-electron chi connectivity index (χ1n) is 6.07. The molecule has 3 rings (SSSR count). The Balaban J connectivity index is 1.83. The van der Waals surface area contributed by atoms with Crippen molar-refractivity contribution in [3.05, 3.63) is 23.6 Å². The number of hydrogen-bond acceptors (Lipinski definition) is 3. The molecule has 0 spiro atoms. The van der Waals surface area contributed by atoms with Crippen LogP contribution in [0.2, 0.25) is 0 Å². The smallest absolute Gasteiger partial charge is 0.250 e. The third kappa shape index (κ3) is 1.80. The normalized spacial score (nSPS) is 32.1. The lowest BCUT2D eigenvalue weighted by molar-refractivity contribution is 0.0998. The zero-order valence-corrected chi connectivity index (χ0v) is 9.77. The van der Waals surface area contributed by atoms with Crippen LogP contribution in [0.1, 0.15) is 30.9 Å². The van der Waals surface area contributed by atoms with Gasteiger partial charge in [0, 0.05) is 11.8 Å². The van der Waals surface area contributed by atoms with Gasteiger partial charge < -0.3 is 9.84 Å². The van der Waals surface area contributed by atoms with Gasteiger partial charge in [-0.2, -0.15) is 0 Å². The summed E-state index contributed by atoms with van der Waals surface area (Å²) in [5.74, 6) is 1.19. The van der Waals surface area contributed by atoms with Gasteiger partial charge in [0.15, 0.2) is 5.82 Å². The number of fused-ring (bicyclic) bond motifs is 1. The largest absolute Gasteiger partial charge is 0.479 e. The van der Waals surface area contributed by atoms with Gasteiger partial charge in [-0.3, -0.25) is 0 Å². The zero-order chi connectivity index (χ0) is 12.0. The van der Waals surface area contributed by atoms with Crippen LogP contribution in [-0.4, -0.2) is 17.2 Å². The fourth-order valence-corrected chi connectivity index (χ4v) is 3.08. The molecule has 2 aliphatic carbocycles. The average molecular weight is 237 g/mol. The summed E-state index contributed by atoms with van der Waals surface area (Å²) in [7, 11) is 1.38. The number of halogens is 1. The Labute approximate surface area is 99.6 Å². The van der Waals surface area contributed by atoms with Crippen LogP contribution in [0.5, 0.6) is 5.88 Å². The van der Waals surface area contributed by atoms with E-state index in [-0.39, 0.29) is 11.8 Å². The molecule has 0 radical (unpaired) electrons. The Kier molecular flexibility index (Phi) is 2.54.